The highest BCUT2D eigenvalue weighted by Crippen LogP contribution is 2.43. The van der Waals surface area contributed by atoms with Crippen LogP contribution in [0.5, 0.6) is 0 Å². The Morgan fingerprint density at radius 1 is 0.709 bits per heavy atom. The molecular formula is C47H53NO7. The number of carbonyl (C=O) groups excluding carboxylic acids is 6. The molecule has 0 radical (unpaired) electrons. The minimum atomic E-state index is -2.17. The molecule has 0 bridgehead atoms. The second-order valence-corrected chi connectivity index (χ2v) is 15.9. The summed E-state index contributed by atoms with van der Waals surface area (Å²) >= 11 is 0. The molecule has 0 N–H and O–H groups in total. The predicted octanol–water partition coefficient (Wildman–Crippen LogP) is 7.27. The van der Waals surface area contributed by atoms with Crippen molar-refractivity contribution in [1.82, 2.24) is 4.90 Å². The lowest BCUT2D eigenvalue weighted by Crippen LogP contribution is -2.56. The van der Waals surface area contributed by atoms with Gasteiger partial charge in [0.05, 0.1) is 19.1 Å². The highest BCUT2D eigenvalue weighted by Gasteiger charge is 2.57. The number of carbonyl (C=O) groups is 6. The zero-order chi connectivity index (χ0) is 39.6. The fourth-order valence-corrected chi connectivity index (χ4v) is 7.84. The minimum Gasteiger partial charge on any atom is -0.378 e. The number of morpholine rings is 1. The van der Waals surface area contributed by atoms with Crippen LogP contribution in [0.3, 0.4) is 0 Å². The van der Waals surface area contributed by atoms with E-state index >= 15 is 14.4 Å². The monoisotopic (exact) mass is 743 g/mol. The summed E-state index contributed by atoms with van der Waals surface area (Å²) in [5, 5.41) is 1.86. The Morgan fingerprint density at radius 3 is 1.93 bits per heavy atom. The summed E-state index contributed by atoms with van der Waals surface area (Å²) in [6.45, 7) is 8.25. The van der Waals surface area contributed by atoms with E-state index in [1.807, 2.05) is 78.9 Å². The standard InChI is InChI=1S/C47H53NO7/c1-5-39(50)29-38(27-33-15-8-6-9-16-33)44(53)47(32-49,31-34-17-10-7-11-18-34)42(45(54)46(2,3)4)43(52)37(30-41(51)48-23-25-55-26-24-48)28-36-21-14-20-35-19-12-13-22-40(35)36/h6-22,32,37-38,42H,5,23-31H2,1-4H3. The van der Waals surface area contributed by atoms with Crippen LogP contribution >= 0.6 is 0 Å². The van der Waals surface area contributed by atoms with Gasteiger partial charge in [0, 0.05) is 49.6 Å². The minimum absolute atomic E-state index is 0.112. The summed E-state index contributed by atoms with van der Waals surface area (Å²) in [5.41, 5.74) is -1.13. The van der Waals surface area contributed by atoms with Crippen molar-refractivity contribution in [2.24, 2.45) is 28.6 Å². The van der Waals surface area contributed by atoms with Crippen molar-refractivity contribution in [2.75, 3.05) is 26.3 Å². The largest absolute Gasteiger partial charge is 0.378 e. The van der Waals surface area contributed by atoms with Gasteiger partial charge in [-0.05, 0) is 46.7 Å². The van der Waals surface area contributed by atoms with Gasteiger partial charge in [-0.3, -0.25) is 24.0 Å². The van der Waals surface area contributed by atoms with Crippen LogP contribution in [0.1, 0.15) is 63.6 Å². The second-order valence-electron chi connectivity index (χ2n) is 15.9. The molecule has 55 heavy (non-hydrogen) atoms. The van der Waals surface area contributed by atoms with Crippen molar-refractivity contribution in [3.05, 3.63) is 120 Å². The third-order valence-corrected chi connectivity index (χ3v) is 10.9. The predicted molar refractivity (Wildman–Crippen MR) is 213 cm³/mol. The number of aldehydes is 1. The summed E-state index contributed by atoms with van der Waals surface area (Å²) in [4.78, 5) is 89.1. The summed E-state index contributed by atoms with van der Waals surface area (Å²) in [7, 11) is 0. The molecule has 0 aromatic heterocycles. The van der Waals surface area contributed by atoms with Crippen LogP contribution in [0.15, 0.2) is 103 Å². The van der Waals surface area contributed by atoms with E-state index in [1.54, 1.807) is 56.9 Å². The fraction of sp³-hybridized carbons (Fsp3) is 0.404. The third-order valence-electron chi connectivity index (χ3n) is 10.9. The summed E-state index contributed by atoms with van der Waals surface area (Å²) in [6, 6.07) is 31.7. The van der Waals surface area contributed by atoms with Crippen LogP contribution in [-0.2, 0) is 52.8 Å². The second kappa shape index (κ2) is 18.5. The lowest BCUT2D eigenvalue weighted by molar-refractivity contribution is -0.157. The SMILES string of the molecule is CCC(=O)CC(Cc1ccccc1)C(=O)C(C=O)(Cc1ccccc1)C(C(=O)C(CC(=O)N1CCOCC1)Cc1cccc2ccccc12)C(=O)C(C)(C)C. The molecule has 4 unspecified atom stereocenters. The lowest BCUT2D eigenvalue weighted by Gasteiger charge is -2.40. The van der Waals surface area contributed by atoms with E-state index in [1.165, 1.54) is 0 Å². The van der Waals surface area contributed by atoms with Crippen LogP contribution in [0.4, 0.5) is 0 Å². The van der Waals surface area contributed by atoms with Crippen molar-refractivity contribution in [3.8, 4) is 0 Å². The maximum absolute atomic E-state index is 15.7. The zero-order valence-electron chi connectivity index (χ0n) is 32.5. The Morgan fingerprint density at radius 2 is 1.31 bits per heavy atom. The molecule has 1 aliphatic rings. The third kappa shape index (κ3) is 9.97. The molecule has 4 atom stereocenters. The number of benzene rings is 4. The van der Waals surface area contributed by atoms with Crippen LogP contribution in [0.25, 0.3) is 10.8 Å². The number of nitrogens with zero attached hydrogens (tertiary/aromatic N) is 1. The van der Waals surface area contributed by atoms with Gasteiger partial charge < -0.3 is 14.4 Å². The first-order valence-electron chi connectivity index (χ1n) is 19.4. The van der Waals surface area contributed by atoms with Gasteiger partial charge in [-0.25, -0.2) is 0 Å². The van der Waals surface area contributed by atoms with Gasteiger partial charge in [0.1, 0.15) is 29.1 Å². The fourth-order valence-electron chi connectivity index (χ4n) is 7.84. The van der Waals surface area contributed by atoms with Gasteiger partial charge in [0.15, 0.2) is 5.78 Å². The van der Waals surface area contributed by atoms with Gasteiger partial charge in [-0.1, -0.05) is 131 Å². The molecule has 0 spiro atoms. The number of fused-ring (bicyclic) bond motifs is 1. The highest BCUT2D eigenvalue weighted by molar-refractivity contribution is 6.16. The molecule has 0 aliphatic carbocycles. The molecule has 4 aromatic carbocycles. The summed E-state index contributed by atoms with van der Waals surface area (Å²) in [6.07, 6.45) is 0.363. The van der Waals surface area contributed by atoms with E-state index in [-0.39, 0.29) is 50.2 Å². The number of ketones is 4. The maximum Gasteiger partial charge on any atom is 0.223 e. The van der Waals surface area contributed by atoms with Crippen LogP contribution in [0.2, 0.25) is 0 Å². The van der Waals surface area contributed by atoms with Gasteiger partial charge in [-0.15, -0.1) is 0 Å². The maximum atomic E-state index is 15.7. The first-order valence-corrected chi connectivity index (χ1v) is 19.4. The van der Waals surface area contributed by atoms with E-state index in [0.29, 0.717) is 38.2 Å². The Labute approximate surface area is 324 Å². The topological polar surface area (TPSA) is 115 Å². The van der Waals surface area contributed by atoms with Crippen molar-refractivity contribution in [2.45, 2.75) is 66.2 Å². The van der Waals surface area contributed by atoms with Gasteiger partial charge >= 0.3 is 0 Å². The van der Waals surface area contributed by atoms with Crippen molar-refractivity contribution < 1.29 is 33.5 Å². The van der Waals surface area contributed by atoms with Crippen LogP contribution in [0, 0.1) is 28.6 Å². The molecule has 5 rings (SSSR count). The number of hydrogen-bond acceptors (Lipinski definition) is 7. The zero-order valence-corrected chi connectivity index (χ0v) is 32.5. The summed E-state index contributed by atoms with van der Waals surface area (Å²) < 4.78 is 5.49. The molecule has 288 valence electrons. The number of amides is 1. The number of Topliss-reactive ketones (excluding diaryl/α,β-unsaturated/α-hetero) is 4. The molecule has 8 nitrogen and oxygen atoms in total. The van der Waals surface area contributed by atoms with Crippen LogP contribution < -0.4 is 0 Å². The first kappa shape index (κ1) is 41.1. The molecule has 4 aromatic rings. The summed E-state index contributed by atoms with van der Waals surface area (Å²) in [5.74, 6) is -5.98. The Bertz CT molecular complexity index is 1970. The Hall–Kier alpha value is -5.08. The van der Waals surface area contributed by atoms with Crippen LogP contribution in [-0.4, -0.2) is 66.5 Å². The van der Waals surface area contributed by atoms with E-state index in [2.05, 4.69) is 0 Å². The molecule has 0 saturated carbocycles. The molecular weight excluding hydrogens is 691 g/mol. The first-order chi connectivity index (χ1) is 26.4. The van der Waals surface area contributed by atoms with E-state index in [4.69, 9.17) is 4.74 Å². The highest BCUT2D eigenvalue weighted by atomic mass is 16.5. The van der Waals surface area contributed by atoms with Gasteiger partial charge in [0.2, 0.25) is 5.91 Å². The molecule has 1 saturated heterocycles. The quantitative estimate of drug-likeness (QED) is 0.0778. The molecule has 1 fully saturated rings. The van der Waals surface area contributed by atoms with Gasteiger partial charge in [-0.2, -0.15) is 0 Å². The average molecular weight is 744 g/mol. The van der Waals surface area contributed by atoms with E-state index in [0.717, 1.165) is 21.9 Å². The number of hydrogen-bond donors (Lipinski definition) is 0. The van der Waals surface area contributed by atoms with Crippen molar-refractivity contribution in [1.29, 1.82) is 0 Å². The van der Waals surface area contributed by atoms with E-state index < -0.39 is 45.9 Å². The van der Waals surface area contributed by atoms with Gasteiger partial charge in [0.25, 0.3) is 0 Å². The normalized spacial score (nSPS) is 16.0. The molecule has 1 amide bonds. The average Bonchev–Trinajstić information content (AvgIpc) is 3.20. The molecule has 8 heteroatoms. The Kier molecular flexibility index (Phi) is 13.8. The van der Waals surface area contributed by atoms with Crippen molar-refractivity contribution in [3.63, 3.8) is 0 Å². The number of rotatable bonds is 18. The molecule has 1 aliphatic heterocycles. The van der Waals surface area contributed by atoms with Crippen molar-refractivity contribution >= 4 is 46.1 Å². The van der Waals surface area contributed by atoms with E-state index in [9.17, 15) is 14.4 Å². The Balaban J connectivity index is 1.71. The number of ether oxygens (including phenoxy) is 1. The smallest absolute Gasteiger partial charge is 0.223 e. The lowest BCUT2D eigenvalue weighted by atomic mass is 9.58. The molecule has 1 heterocycles.